The van der Waals surface area contributed by atoms with Crippen LogP contribution in [0.25, 0.3) is 11.2 Å². The second kappa shape index (κ2) is 9.91. The van der Waals surface area contributed by atoms with Gasteiger partial charge in [-0.1, -0.05) is 6.82 Å². The van der Waals surface area contributed by atoms with Crippen molar-refractivity contribution in [1.82, 2.24) is 24.4 Å². The number of anilines is 1. The summed E-state index contributed by atoms with van der Waals surface area (Å²) in [6.45, 7) is 11.5. The molecule has 3 fully saturated rings. The maximum Gasteiger partial charge on any atom is 0.303 e. The number of fused-ring (bicyclic) bond motifs is 2. The number of hydrogen-bond acceptors (Lipinski definition) is 8. The first kappa shape index (κ1) is 25.4. The predicted octanol–water partition coefficient (Wildman–Crippen LogP) is 3.07. The third-order valence-electron chi connectivity index (χ3n) is 8.17. The number of nitrogens with zero attached hydrogens (tertiary/aromatic N) is 5. The maximum atomic E-state index is 11.0. The van der Waals surface area contributed by atoms with Crippen LogP contribution in [0.15, 0.2) is 12.7 Å². The molecule has 2 N–H and O–H groups in total. The second-order valence-corrected chi connectivity index (χ2v) is 11.4. The Morgan fingerprint density at radius 3 is 2.69 bits per heavy atom. The topological polar surface area (TPSA) is 115 Å². The highest BCUT2D eigenvalue weighted by molar-refractivity contribution is 6.38. The molecule has 196 valence electrons. The van der Waals surface area contributed by atoms with E-state index in [9.17, 15) is 4.79 Å². The number of imidazole rings is 1. The Morgan fingerprint density at radius 2 is 2.00 bits per heavy atom. The van der Waals surface area contributed by atoms with E-state index >= 15 is 0 Å². The molecule has 0 radical (unpaired) electrons. The van der Waals surface area contributed by atoms with Crippen LogP contribution in [0, 0.1) is 11.8 Å². The highest BCUT2D eigenvalue weighted by Crippen LogP contribution is 2.48. The van der Waals surface area contributed by atoms with Crippen LogP contribution in [0.2, 0.25) is 6.82 Å². The molecule has 3 aliphatic rings. The molecule has 5 rings (SSSR count). The molecule has 0 bridgehead atoms. The lowest BCUT2D eigenvalue weighted by Gasteiger charge is -2.46. The van der Waals surface area contributed by atoms with E-state index in [2.05, 4.69) is 43.5 Å². The molecule has 2 aromatic rings. The summed E-state index contributed by atoms with van der Waals surface area (Å²) in [5.41, 5.74) is 1.60. The van der Waals surface area contributed by atoms with Gasteiger partial charge in [-0.05, 0) is 59.3 Å². The molecule has 3 heterocycles. The van der Waals surface area contributed by atoms with Crippen LogP contribution in [0.3, 0.4) is 0 Å². The summed E-state index contributed by atoms with van der Waals surface area (Å²) >= 11 is 0. The minimum atomic E-state index is -0.696. The maximum absolute atomic E-state index is 11.0. The fourth-order valence-corrected chi connectivity index (χ4v) is 6.49. The molecule has 2 aromatic heterocycles. The van der Waals surface area contributed by atoms with Gasteiger partial charge in [-0.25, -0.2) is 15.0 Å². The Morgan fingerprint density at radius 1 is 1.25 bits per heavy atom. The van der Waals surface area contributed by atoms with Crippen molar-refractivity contribution >= 4 is 30.4 Å². The Kier molecular flexibility index (Phi) is 6.99. The highest BCUT2D eigenvalue weighted by Gasteiger charge is 2.55. The molecule has 2 saturated carbocycles. The number of aromatic nitrogens is 4. The number of aliphatic carboxylic acids is 1. The average Bonchev–Trinajstić information content (AvgIpc) is 3.43. The quantitative estimate of drug-likeness (QED) is 0.477. The molecule has 4 atom stereocenters. The molecule has 0 aromatic carbocycles. The van der Waals surface area contributed by atoms with E-state index in [-0.39, 0.29) is 24.7 Å². The number of nitrogens with one attached hydrogen (secondary N) is 1. The third kappa shape index (κ3) is 4.85. The zero-order valence-corrected chi connectivity index (χ0v) is 22.1. The molecule has 0 amide bonds. The smallest absolute Gasteiger partial charge is 0.303 e. The standard InChI is InChI=1S/C25H39BN6O4/c1-14(2)31(17-8-15(9-17)6-7-19(33)34)11-16-10-18(22-21(16)35-25(3,4)36-22)32-13-29-20-23(30-26-5)27-12-28-24(20)32/h12-18,21-22,26H,6-11H2,1-5H3,(H,33,34)(H,27,28,30)/t15?,16-,17?,18-,21-,22+/m1/s1. The van der Waals surface area contributed by atoms with Crippen LogP contribution in [0.5, 0.6) is 0 Å². The van der Waals surface area contributed by atoms with E-state index in [0.29, 0.717) is 23.9 Å². The van der Waals surface area contributed by atoms with Crippen molar-refractivity contribution in [2.45, 2.75) is 103 Å². The van der Waals surface area contributed by atoms with Crippen LogP contribution < -0.4 is 5.23 Å². The molecular formula is C25H39BN6O4. The van der Waals surface area contributed by atoms with Gasteiger partial charge in [0.2, 0.25) is 7.41 Å². The van der Waals surface area contributed by atoms with E-state index in [4.69, 9.17) is 14.6 Å². The Bertz CT molecular complexity index is 1090. The van der Waals surface area contributed by atoms with E-state index < -0.39 is 11.8 Å². The summed E-state index contributed by atoms with van der Waals surface area (Å²) in [6.07, 6.45) is 7.53. The van der Waals surface area contributed by atoms with E-state index in [1.807, 2.05) is 27.0 Å². The van der Waals surface area contributed by atoms with Gasteiger partial charge in [0, 0.05) is 31.0 Å². The molecule has 0 spiro atoms. The van der Waals surface area contributed by atoms with Crippen LogP contribution in [0.4, 0.5) is 5.82 Å². The zero-order valence-electron chi connectivity index (χ0n) is 22.1. The van der Waals surface area contributed by atoms with Crippen molar-refractivity contribution in [3.05, 3.63) is 12.7 Å². The highest BCUT2D eigenvalue weighted by atomic mass is 16.8. The van der Waals surface area contributed by atoms with Gasteiger partial charge < -0.3 is 24.4 Å². The largest absolute Gasteiger partial charge is 0.481 e. The number of carboxylic acid groups (broad SMARTS) is 1. The lowest BCUT2D eigenvalue weighted by atomic mass is 9.76. The van der Waals surface area contributed by atoms with Crippen molar-refractivity contribution in [1.29, 1.82) is 0 Å². The first-order valence-corrected chi connectivity index (χ1v) is 13.4. The Balaban J connectivity index is 1.35. The van der Waals surface area contributed by atoms with Crippen LogP contribution in [-0.4, -0.2) is 79.5 Å². The molecule has 11 heteroatoms. The zero-order chi connectivity index (χ0) is 25.6. The van der Waals surface area contributed by atoms with Crippen LogP contribution >= 0.6 is 0 Å². The fraction of sp³-hybridized carbons (Fsp3) is 0.760. The van der Waals surface area contributed by atoms with Crippen molar-refractivity contribution in [3.63, 3.8) is 0 Å². The van der Waals surface area contributed by atoms with Crippen LogP contribution in [0.1, 0.15) is 65.8 Å². The van der Waals surface area contributed by atoms with Gasteiger partial charge in [0.15, 0.2) is 11.4 Å². The molecule has 36 heavy (non-hydrogen) atoms. The van der Waals surface area contributed by atoms with Gasteiger partial charge in [0.1, 0.15) is 23.8 Å². The molecule has 10 nitrogen and oxygen atoms in total. The van der Waals surface area contributed by atoms with E-state index in [0.717, 1.165) is 56.6 Å². The van der Waals surface area contributed by atoms with Gasteiger partial charge >= 0.3 is 5.97 Å². The monoisotopic (exact) mass is 498 g/mol. The predicted molar refractivity (Wildman–Crippen MR) is 138 cm³/mol. The van der Waals surface area contributed by atoms with Gasteiger partial charge in [-0.15, -0.1) is 0 Å². The second-order valence-electron chi connectivity index (χ2n) is 11.4. The minimum absolute atomic E-state index is 0.00154. The summed E-state index contributed by atoms with van der Waals surface area (Å²) in [7, 11) is 0.768. The van der Waals surface area contributed by atoms with Crippen molar-refractivity contribution in [3.8, 4) is 0 Å². The number of carboxylic acids is 1. The molecule has 1 saturated heterocycles. The molecule has 2 aliphatic carbocycles. The van der Waals surface area contributed by atoms with E-state index in [1.165, 1.54) is 0 Å². The van der Waals surface area contributed by atoms with Crippen molar-refractivity contribution < 1.29 is 19.4 Å². The summed E-state index contributed by atoms with van der Waals surface area (Å²) in [5, 5.41) is 12.3. The normalized spacial score (nSPS) is 31.1. The molecule has 1 aliphatic heterocycles. The third-order valence-corrected chi connectivity index (χ3v) is 8.17. The Labute approximate surface area is 213 Å². The molecule has 0 unspecified atom stereocenters. The first-order chi connectivity index (χ1) is 17.2. The number of rotatable bonds is 10. The summed E-state index contributed by atoms with van der Waals surface area (Å²) in [5.74, 6) is 0.259. The number of ether oxygens (including phenoxy) is 2. The summed E-state index contributed by atoms with van der Waals surface area (Å²) in [6, 6.07) is 0.990. The van der Waals surface area contributed by atoms with E-state index in [1.54, 1.807) is 6.33 Å². The average molecular weight is 498 g/mol. The van der Waals surface area contributed by atoms with Gasteiger partial charge in [0.05, 0.1) is 18.5 Å². The van der Waals surface area contributed by atoms with Crippen molar-refractivity contribution in [2.75, 3.05) is 11.8 Å². The Hall–Kier alpha value is -2.24. The fourth-order valence-electron chi connectivity index (χ4n) is 6.49. The first-order valence-electron chi connectivity index (χ1n) is 13.4. The minimum Gasteiger partial charge on any atom is -0.481 e. The van der Waals surface area contributed by atoms with Crippen LogP contribution in [-0.2, 0) is 14.3 Å². The van der Waals surface area contributed by atoms with Gasteiger partial charge in [0.25, 0.3) is 0 Å². The lowest BCUT2D eigenvalue weighted by molar-refractivity contribution is -0.161. The molecular weight excluding hydrogens is 459 g/mol. The number of carbonyl (C=O) groups is 1. The van der Waals surface area contributed by atoms with Gasteiger partial charge in [-0.2, -0.15) is 0 Å². The summed E-state index contributed by atoms with van der Waals surface area (Å²) < 4.78 is 15.1. The van der Waals surface area contributed by atoms with Crippen molar-refractivity contribution in [2.24, 2.45) is 11.8 Å². The summed E-state index contributed by atoms with van der Waals surface area (Å²) in [4.78, 5) is 27.2. The van der Waals surface area contributed by atoms with Gasteiger partial charge in [-0.3, -0.25) is 9.69 Å². The lowest BCUT2D eigenvalue weighted by Crippen LogP contribution is -2.51. The SMILES string of the molecule is CBNc1ncnc2c1ncn2[C@@H]1C[C@H](CN(C(C)C)C2CC(CCC(=O)O)C2)[C@H]2OC(C)(C)O[C@H]21. The number of hydrogen-bond donors (Lipinski definition) is 2.